The van der Waals surface area contributed by atoms with Gasteiger partial charge in [0, 0.05) is 5.70 Å². The lowest BCUT2D eigenvalue weighted by atomic mass is 9.84. The SMILES string of the molecule is CC(N)=CC(=S)Nc1nc(N[C@H](CC2CCCCC2)C(N)=O)cnc1C(N)=O. The smallest absolute Gasteiger partial charge is 0.271 e. The maximum absolute atomic E-state index is 11.9. The number of aromatic nitrogens is 2. The number of carbonyl (C=O) groups excluding carboxylic acids is 2. The quantitative estimate of drug-likeness (QED) is 0.320. The molecule has 1 aromatic heterocycles. The van der Waals surface area contributed by atoms with Gasteiger partial charge < -0.3 is 27.8 Å². The topological polar surface area (TPSA) is 162 Å². The minimum Gasteiger partial charge on any atom is -0.402 e. The highest BCUT2D eigenvalue weighted by molar-refractivity contribution is 7.81. The molecular formula is C18H27N7O2S. The van der Waals surface area contributed by atoms with Crippen LogP contribution in [0.1, 0.15) is 55.9 Å². The Balaban J connectivity index is 2.19. The van der Waals surface area contributed by atoms with Crippen LogP contribution in [0.2, 0.25) is 0 Å². The highest BCUT2D eigenvalue weighted by Crippen LogP contribution is 2.28. The summed E-state index contributed by atoms with van der Waals surface area (Å²) >= 11 is 5.16. The van der Waals surface area contributed by atoms with E-state index in [1.54, 1.807) is 6.92 Å². The standard InChI is InChI=1S/C18H27N7O2S/c1-10(19)7-14(28)25-18-15(17(21)27)22-9-13(24-18)23-12(16(20)26)8-11-5-3-2-4-6-11/h7,9,11-12H,2-6,8,19H2,1H3,(H2,20,26)(H2,21,27)(H2,23,24,25,28)/t12-/m1/s1. The van der Waals surface area contributed by atoms with Gasteiger partial charge >= 0.3 is 0 Å². The van der Waals surface area contributed by atoms with E-state index in [4.69, 9.17) is 29.4 Å². The van der Waals surface area contributed by atoms with Crippen LogP contribution in [0, 0.1) is 5.92 Å². The van der Waals surface area contributed by atoms with Crippen LogP contribution in [0.25, 0.3) is 0 Å². The normalized spacial score (nSPS) is 16.2. The van der Waals surface area contributed by atoms with E-state index < -0.39 is 17.9 Å². The summed E-state index contributed by atoms with van der Waals surface area (Å²) in [7, 11) is 0. The maximum Gasteiger partial charge on any atom is 0.271 e. The predicted octanol–water partition coefficient (Wildman–Crippen LogP) is 1.41. The molecule has 28 heavy (non-hydrogen) atoms. The number of anilines is 2. The van der Waals surface area contributed by atoms with E-state index in [-0.39, 0.29) is 16.5 Å². The van der Waals surface area contributed by atoms with Gasteiger partial charge in [0.25, 0.3) is 5.91 Å². The molecule has 1 atom stereocenters. The number of nitrogens with one attached hydrogen (secondary N) is 2. The number of thiocarbonyl (C=S) groups is 1. The molecule has 1 heterocycles. The third-order valence-corrected chi connectivity index (χ3v) is 4.79. The molecule has 10 heteroatoms. The molecule has 0 bridgehead atoms. The van der Waals surface area contributed by atoms with E-state index in [9.17, 15) is 9.59 Å². The van der Waals surface area contributed by atoms with Crippen molar-refractivity contribution in [2.45, 2.75) is 51.5 Å². The average molecular weight is 406 g/mol. The van der Waals surface area contributed by atoms with Crippen molar-refractivity contribution in [1.82, 2.24) is 9.97 Å². The first-order valence-electron chi connectivity index (χ1n) is 9.23. The zero-order valence-corrected chi connectivity index (χ0v) is 16.7. The zero-order valence-electron chi connectivity index (χ0n) is 15.9. The summed E-state index contributed by atoms with van der Waals surface area (Å²) in [5.41, 5.74) is 16.9. The Morgan fingerprint density at radius 1 is 1.29 bits per heavy atom. The van der Waals surface area contributed by atoms with Crippen LogP contribution in [-0.2, 0) is 4.79 Å². The number of allylic oxidation sites excluding steroid dienone is 1. The Morgan fingerprint density at radius 3 is 2.54 bits per heavy atom. The summed E-state index contributed by atoms with van der Waals surface area (Å²) in [5.74, 6) is -0.395. The van der Waals surface area contributed by atoms with Crippen molar-refractivity contribution in [3.05, 3.63) is 23.7 Å². The van der Waals surface area contributed by atoms with E-state index in [0.717, 1.165) is 12.8 Å². The summed E-state index contributed by atoms with van der Waals surface area (Å²) in [6, 6.07) is -0.581. The van der Waals surface area contributed by atoms with Crippen LogP contribution in [0.15, 0.2) is 18.0 Å². The van der Waals surface area contributed by atoms with Crippen molar-refractivity contribution in [2.24, 2.45) is 23.1 Å². The molecule has 0 aromatic carbocycles. The molecule has 152 valence electrons. The summed E-state index contributed by atoms with van der Waals surface area (Å²) in [6.45, 7) is 1.68. The number of amides is 2. The zero-order chi connectivity index (χ0) is 20.7. The van der Waals surface area contributed by atoms with Crippen molar-refractivity contribution in [3.63, 3.8) is 0 Å². The van der Waals surface area contributed by atoms with Crippen LogP contribution in [0.5, 0.6) is 0 Å². The van der Waals surface area contributed by atoms with Gasteiger partial charge in [-0.25, -0.2) is 9.97 Å². The van der Waals surface area contributed by atoms with Crippen molar-refractivity contribution in [3.8, 4) is 0 Å². The lowest BCUT2D eigenvalue weighted by molar-refractivity contribution is -0.119. The van der Waals surface area contributed by atoms with E-state index >= 15 is 0 Å². The first-order valence-corrected chi connectivity index (χ1v) is 9.64. The molecule has 0 spiro atoms. The monoisotopic (exact) mass is 405 g/mol. The highest BCUT2D eigenvalue weighted by Gasteiger charge is 2.24. The lowest BCUT2D eigenvalue weighted by Gasteiger charge is -2.25. The maximum atomic E-state index is 11.9. The molecule has 1 saturated carbocycles. The number of rotatable bonds is 8. The van der Waals surface area contributed by atoms with Gasteiger partial charge in [-0.3, -0.25) is 9.59 Å². The Kier molecular flexibility index (Phi) is 7.68. The molecule has 1 aromatic rings. The Bertz CT molecular complexity index is 771. The minimum absolute atomic E-state index is 0.0705. The summed E-state index contributed by atoms with van der Waals surface area (Å²) in [5, 5.41) is 5.81. The summed E-state index contributed by atoms with van der Waals surface area (Å²) in [6.07, 6.45) is 9.23. The van der Waals surface area contributed by atoms with Crippen LogP contribution in [0.3, 0.4) is 0 Å². The van der Waals surface area contributed by atoms with E-state index in [2.05, 4.69) is 20.6 Å². The van der Waals surface area contributed by atoms with E-state index in [0.29, 0.717) is 23.9 Å². The average Bonchev–Trinajstić information content (AvgIpc) is 2.61. The Labute approximate surface area is 169 Å². The lowest BCUT2D eigenvalue weighted by Crippen LogP contribution is -2.38. The second kappa shape index (κ2) is 9.98. The number of nitrogens with two attached hydrogens (primary N) is 3. The summed E-state index contributed by atoms with van der Waals surface area (Å²) in [4.78, 5) is 32.1. The molecule has 8 N–H and O–H groups in total. The minimum atomic E-state index is -0.758. The molecule has 9 nitrogen and oxygen atoms in total. The van der Waals surface area contributed by atoms with Crippen molar-refractivity contribution in [2.75, 3.05) is 10.6 Å². The van der Waals surface area contributed by atoms with Crippen molar-refractivity contribution < 1.29 is 9.59 Å². The molecule has 1 fully saturated rings. The molecule has 0 unspecified atom stereocenters. The van der Waals surface area contributed by atoms with Crippen LogP contribution < -0.4 is 27.8 Å². The fraction of sp³-hybridized carbons (Fsp3) is 0.500. The third kappa shape index (κ3) is 6.45. The molecule has 1 aliphatic rings. The summed E-state index contributed by atoms with van der Waals surface area (Å²) < 4.78 is 0. The van der Waals surface area contributed by atoms with Gasteiger partial charge in [0.2, 0.25) is 5.91 Å². The molecule has 2 rings (SSSR count). The van der Waals surface area contributed by atoms with E-state index in [1.807, 2.05) is 0 Å². The molecule has 0 aliphatic heterocycles. The van der Waals surface area contributed by atoms with Gasteiger partial charge in [-0.1, -0.05) is 44.3 Å². The highest BCUT2D eigenvalue weighted by atomic mass is 32.1. The van der Waals surface area contributed by atoms with E-state index in [1.165, 1.54) is 31.5 Å². The second-order valence-electron chi connectivity index (χ2n) is 7.03. The first-order chi connectivity index (χ1) is 13.3. The fourth-order valence-electron chi connectivity index (χ4n) is 3.27. The number of carbonyl (C=O) groups is 2. The Morgan fingerprint density at radius 2 is 1.96 bits per heavy atom. The molecule has 0 saturated heterocycles. The van der Waals surface area contributed by atoms with Gasteiger partial charge in [-0.15, -0.1) is 0 Å². The van der Waals surface area contributed by atoms with Crippen molar-refractivity contribution >= 4 is 40.7 Å². The van der Waals surface area contributed by atoms with Gasteiger partial charge in [0.1, 0.15) is 16.8 Å². The first kappa shape index (κ1) is 21.5. The number of hydrogen-bond acceptors (Lipinski definition) is 7. The third-order valence-electron chi connectivity index (χ3n) is 4.57. The number of primary amides is 2. The Hall–Kier alpha value is -2.75. The van der Waals surface area contributed by atoms with Gasteiger partial charge in [0.05, 0.1) is 6.20 Å². The van der Waals surface area contributed by atoms with Crippen LogP contribution in [0.4, 0.5) is 11.6 Å². The van der Waals surface area contributed by atoms with Crippen LogP contribution >= 0.6 is 12.2 Å². The molecule has 0 radical (unpaired) electrons. The van der Waals surface area contributed by atoms with Gasteiger partial charge in [0.15, 0.2) is 11.5 Å². The molecule has 2 amide bonds. The predicted molar refractivity (Wildman–Crippen MR) is 113 cm³/mol. The largest absolute Gasteiger partial charge is 0.402 e. The fourth-order valence-corrected chi connectivity index (χ4v) is 3.55. The van der Waals surface area contributed by atoms with Gasteiger partial charge in [-0.05, 0) is 25.3 Å². The number of nitrogens with zero attached hydrogens (tertiary/aromatic N) is 2. The molecular weight excluding hydrogens is 378 g/mol. The van der Waals surface area contributed by atoms with Crippen LogP contribution in [-0.4, -0.2) is 32.8 Å². The van der Waals surface area contributed by atoms with Gasteiger partial charge in [-0.2, -0.15) is 0 Å². The second-order valence-corrected chi connectivity index (χ2v) is 7.47. The van der Waals surface area contributed by atoms with Crippen molar-refractivity contribution in [1.29, 1.82) is 0 Å². The molecule has 1 aliphatic carbocycles. The number of hydrogen-bond donors (Lipinski definition) is 5.